The first-order chi connectivity index (χ1) is 16.5. The molecule has 0 saturated heterocycles. The molecule has 0 radical (unpaired) electrons. The first-order valence-electron chi connectivity index (χ1n) is 11.4. The van der Waals surface area contributed by atoms with Crippen LogP contribution in [0.1, 0.15) is 56.5 Å². The molecule has 2 atom stereocenters. The number of aryl methyl sites for hydroxylation is 2. The van der Waals surface area contributed by atoms with Crippen LogP contribution in [0.5, 0.6) is 0 Å². The van der Waals surface area contributed by atoms with Crippen molar-refractivity contribution in [1.29, 1.82) is 0 Å². The smallest absolute Gasteiger partial charge is 0.338 e. The van der Waals surface area contributed by atoms with Gasteiger partial charge in [0.25, 0.3) is 5.91 Å². The summed E-state index contributed by atoms with van der Waals surface area (Å²) in [5, 5.41) is 10.5. The van der Waals surface area contributed by atoms with Crippen LogP contribution in [0.25, 0.3) is 6.08 Å². The molecule has 0 bridgehead atoms. The second-order valence-corrected chi connectivity index (χ2v) is 10.7. The molecular formula is C27H26N2O3S2. The van der Waals surface area contributed by atoms with E-state index >= 15 is 0 Å². The van der Waals surface area contributed by atoms with E-state index in [1.165, 1.54) is 10.5 Å². The van der Waals surface area contributed by atoms with Crippen molar-refractivity contribution in [3.8, 4) is 0 Å². The van der Waals surface area contributed by atoms with Crippen LogP contribution in [0.15, 0.2) is 63.9 Å². The number of ether oxygens (including phenoxy) is 1. The normalized spacial score (nSPS) is 20.8. The summed E-state index contributed by atoms with van der Waals surface area (Å²) in [6.45, 7) is 3.46. The number of esters is 1. The minimum atomic E-state index is -0.482. The van der Waals surface area contributed by atoms with Gasteiger partial charge in [-0.3, -0.25) is 4.79 Å². The van der Waals surface area contributed by atoms with E-state index in [1.807, 2.05) is 43.5 Å². The Hall–Kier alpha value is -3.03. The highest BCUT2D eigenvalue weighted by atomic mass is 32.1. The van der Waals surface area contributed by atoms with Gasteiger partial charge < -0.3 is 4.74 Å². The number of benzene rings is 1. The van der Waals surface area contributed by atoms with Gasteiger partial charge in [0.15, 0.2) is 6.61 Å². The number of rotatable bonds is 5. The maximum absolute atomic E-state index is 13.3. The van der Waals surface area contributed by atoms with Crippen molar-refractivity contribution in [1.82, 2.24) is 5.01 Å². The lowest BCUT2D eigenvalue weighted by Gasteiger charge is -2.28. The standard InChI is InChI=1S/C27H26N2O3S2/c1-17-10-11-18(2)22(14-17)27(31)32-16-24(30)29-26(23-9-5-13-34-23)21-8-3-6-19(25(21)28-29)15-20-7-4-12-33-20/h4-5,7,9-15,21,26H,3,6,8,16H2,1-2H3. The molecular weight excluding hydrogens is 464 g/mol. The Morgan fingerprint density at radius 1 is 1.15 bits per heavy atom. The van der Waals surface area contributed by atoms with Crippen LogP contribution >= 0.6 is 22.7 Å². The predicted octanol–water partition coefficient (Wildman–Crippen LogP) is 6.41. The summed E-state index contributed by atoms with van der Waals surface area (Å²) in [6.07, 6.45) is 5.20. The topological polar surface area (TPSA) is 59.0 Å². The van der Waals surface area contributed by atoms with Crippen molar-refractivity contribution in [3.63, 3.8) is 0 Å². The van der Waals surface area contributed by atoms with Gasteiger partial charge in [-0.05, 0) is 79.3 Å². The van der Waals surface area contributed by atoms with Crippen LogP contribution in [0.2, 0.25) is 0 Å². The molecule has 1 aliphatic heterocycles. The Bertz CT molecular complexity index is 1260. The molecule has 5 nitrogen and oxygen atoms in total. The summed E-state index contributed by atoms with van der Waals surface area (Å²) in [5.41, 5.74) is 4.48. The summed E-state index contributed by atoms with van der Waals surface area (Å²) in [4.78, 5) is 28.3. The number of fused-ring (bicyclic) bond motifs is 1. The number of nitrogens with zero attached hydrogens (tertiary/aromatic N) is 2. The van der Waals surface area contributed by atoms with E-state index < -0.39 is 5.97 Å². The van der Waals surface area contributed by atoms with E-state index in [4.69, 9.17) is 9.84 Å². The number of hydrogen-bond donors (Lipinski definition) is 0. The van der Waals surface area contributed by atoms with Crippen LogP contribution in [-0.2, 0) is 9.53 Å². The minimum absolute atomic E-state index is 0.150. The monoisotopic (exact) mass is 490 g/mol. The molecule has 0 N–H and O–H groups in total. The maximum Gasteiger partial charge on any atom is 0.338 e. The fourth-order valence-electron chi connectivity index (χ4n) is 4.72. The van der Waals surface area contributed by atoms with E-state index in [1.54, 1.807) is 33.7 Å². The number of carbonyl (C=O) groups is 2. The number of thiophene rings is 2. The third-order valence-corrected chi connectivity index (χ3v) is 8.15. The lowest BCUT2D eigenvalue weighted by Crippen LogP contribution is -2.34. The van der Waals surface area contributed by atoms with E-state index in [-0.39, 0.29) is 24.5 Å². The van der Waals surface area contributed by atoms with Crippen LogP contribution < -0.4 is 0 Å². The lowest BCUT2D eigenvalue weighted by molar-refractivity contribution is -0.136. The average Bonchev–Trinajstić information content (AvgIpc) is 3.59. The van der Waals surface area contributed by atoms with Gasteiger partial charge in [-0.1, -0.05) is 29.8 Å². The average molecular weight is 491 g/mol. The number of carbonyl (C=O) groups excluding carboxylic acids is 2. The van der Waals surface area contributed by atoms with Crippen molar-refractivity contribution in [2.24, 2.45) is 11.0 Å². The zero-order valence-electron chi connectivity index (χ0n) is 19.2. The van der Waals surface area contributed by atoms with Crippen molar-refractivity contribution in [2.75, 3.05) is 6.61 Å². The fraction of sp³-hybridized carbons (Fsp3) is 0.296. The molecule has 34 heavy (non-hydrogen) atoms. The predicted molar refractivity (Wildman–Crippen MR) is 137 cm³/mol. The van der Waals surface area contributed by atoms with Crippen LogP contribution in [0, 0.1) is 19.8 Å². The lowest BCUT2D eigenvalue weighted by atomic mass is 9.79. The van der Waals surface area contributed by atoms with Gasteiger partial charge in [0, 0.05) is 15.7 Å². The largest absolute Gasteiger partial charge is 0.452 e. The molecule has 3 heterocycles. The first-order valence-corrected chi connectivity index (χ1v) is 13.2. The van der Waals surface area contributed by atoms with Gasteiger partial charge in [0.2, 0.25) is 0 Å². The number of hydrogen-bond acceptors (Lipinski definition) is 6. The molecule has 1 aliphatic carbocycles. The summed E-state index contributed by atoms with van der Waals surface area (Å²) in [7, 11) is 0. The molecule has 1 fully saturated rings. The number of allylic oxidation sites excluding steroid dienone is 1. The third kappa shape index (κ3) is 4.50. The zero-order chi connectivity index (χ0) is 23.7. The Morgan fingerprint density at radius 3 is 2.74 bits per heavy atom. The Labute approximate surface area is 207 Å². The van der Waals surface area contributed by atoms with Gasteiger partial charge in [-0.2, -0.15) is 5.10 Å². The molecule has 0 spiro atoms. The van der Waals surface area contributed by atoms with E-state index in [9.17, 15) is 9.59 Å². The number of hydrazone groups is 1. The van der Waals surface area contributed by atoms with Crippen LogP contribution in [0.4, 0.5) is 0 Å². The van der Waals surface area contributed by atoms with Gasteiger partial charge in [0.05, 0.1) is 17.3 Å². The summed E-state index contributed by atoms with van der Waals surface area (Å²) < 4.78 is 5.46. The molecule has 3 aromatic rings. The quantitative estimate of drug-likeness (QED) is 0.389. The fourth-order valence-corrected chi connectivity index (χ4v) is 6.27. The Balaban J connectivity index is 1.40. The highest BCUT2D eigenvalue weighted by Gasteiger charge is 2.44. The molecule has 1 amide bonds. The summed E-state index contributed by atoms with van der Waals surface area (Å²) in [6, 6.07) is 13.7. The Morgan fingerprint density at radius 2 is 1.97 bits per heavy atom. The van der Waals surface area contributed by atoms with Gasteiger partial charge in [0.1, 0.15) is 0 Å². The second kappa shape index (κ2) is 9.68. The van der Waals surface area contributed by atoms with Crippen molar-refractivity contribution in [2.45, 2.75) is 39.2 Å². The molecule has 5 rings (SSSR count). The number of amides is 1. The molecule has 1 saturated carbocycles. The molecule has 2 unspecified atom stereocenters. The van der Waals surface area contributed by atoms with Gasteiger partial charge in [-0.25, -0.2) is 9.80 Å². The van der Waals surface area contributed by atoms with Gasteiger partial charge in [-0.15, -0.1) is 22.7 Å². The Kier molecular flexibility index (Phi) is 6.48. The third-order valence-electron chi connectivity index (χ3n) is 6.39. The molecule has 1 aromatic carbocycles. The zero-order valence-corrected chi connectivity index (χ0v) is 20.8. The SMILES string of the molecule is Cc1ccc(C)c(C(=O)OCC(=O)N2N=C3C(=Cc4cccs4)CCCC3C2c2cccs2)c1. The van der Waals surface area contributed by atoms with Crippen LogP contribution in [0.3, 0.4) is 0 Å². The van der Waals surface area contributed by atoms with Crippen molar-refractivity contribution in [3.05, 3.63) is 85.2 Å². The van der Waals surface area contributed by atoms with E-state index in [2.05, 4.69) is 23.6 Å². The maximum atomic E-state index is 13.3. The van der Waals surface area contributed by atoms with Crippen LogP contribution in [-0.4, -0.2) is 29.2 Å². The van der Waals surface area contributed by atoms with E-state index in [0.717, 1.165) is 41.0 Å². The molecule has 7 heteroatoms. The van der Waals surface area contributed by atoms with Crippen molar-refractivity contribution >= 4 is 46.3 Å². The first kappa shape index (κ1) is 22.7. The highest BCUT2D eigenvalue weighted by molar-refractivity contribution is 7.11. The van der Waals surface area contributed by atoms with Gasteiger partial charge >= 0.3 is 5.97 Å². The summed E-state index contributed by atoms with van der Waals surface area (Å²) in [5.74, 6) is -0.628. The molecule has 2 aromatic heterocycles. The highest BCUT2D eigenvalue weighted by Crippen LogP contribution is 2.45. The summed E-state index contributed by atoms with van der Waals surface area (Å²) >= 11 is 3.34. The molecule has 174 valence electrons. The second-order valence-electron chi connectivity index (χ2n) is 8.76. The van der Waals surface area contributed by atoms with E-state index in [0.29, 0.717) is 5.56 Å². The minimum Gasteiger partial charge on any atom is -0.452 e. The molecule has 2 aliphatic rings. The van der Waals surface area contributed by atoms with Crippen molar-refractivity contribution < 1.29 is 14.3 Å².